The summed E-state index contributed by atoms with van der Waals surface area (Å²) in [5.74, 6) is 0. The van der Waals surface area contributed by atoms with Crippen LogP contribution >= 0.6 is 0 Å². The number of rotatable bonds is 21. The zero-order valence-corrected chi connectivity index (χ0v) is 20.8. The predicted molar refractivity (Wildman–Crippen MR) is 136 cm³/mol. The molecule has 0 spiro atoms. The third kappa shape index (κ3) is 13.5. The van der Waals surface area contributed by atoms with E-state index in [0.717, 1.165) is 0 Å². The number of hydrogen-bond acceptors (Lipinski definition) is 1. The number of nitrogens with zero attached hydrogens (tertiary/aromatic N) is 1. The fourth-order valence-corrected chi connectivity index (χ4v) is 4.70. The van der Waals surface area contributed by atoms with Gasteiger partial charge in [-0.25, -0.2) is 0 Å². The average Bonchev–Trinajstić information content (AvgIpc) is 2.78. The first-order valence-electron chi connectivity index (χ1n) is 13.6. The summed E-state index contributed by atoms with van der Waals surface area (Å²) in [7, 11) is 0. The van der Waals surface area contributed by atoms with E-state index in [4.69, 9.17) is 0 Å². The molecule has 0 N–H and O–H groups in total. The van der Waals surface area contributed by atoms with Crippen LogP contribution in [0.2, 0.25) is 0 Å². The molecule has 1 aromatic carbocycles. The Balaban J connectivity index is 2.37. The van der Waals surface area contributed by atoms with Gasteiger partial charge in [0.05, 0.1) is 0 Å². The Kier molecular flexibility index (Phi) is 18.2. The maximum Gasteiger partial charge on any atom is 0.0345 e. The van der Waals surface area contributed by atoms with E-state index in [1.54, 1.807) is 0 Å². The van der Waals surface area contributed by atoms with Gasteiger partial charge >= 0.3 is 0 Å². The summed E-state index contributed by atoms with van der Waals surface area (Å²) in [5, 5.41) is 0. The minimum Gasteiger partial charge on any atom is -0.296 e. The van der Waals surface area contributed by atoms with Crippen LogP contribution in [-0.2, 0) is 0 Å². The van der Waals surface area contributed by atoms with Crippen LogP contribution in [0.5, 0.6) is 0 Å². The van der Waals surface area contributed by atoms with Crippen molar-refractivity contribution in [1.29, 1.82) is 0 Å². The molecule has 1 atom stereocenters. The lowest BCUT2D eigenvalue weighted by Gasteiger charge is -2.32. The monoisotopic (exact) mass is 415 g/mol. The quantitative estimate of drug-likeness (QED) is 0.181. The Labute approximate surface area is 190 Å². The van der Waals surface area contributed by atoms with Gasteiger partial charge in [0, 0.05) is 6.04 Å². The number of hydrogen-bond donors (Lipinski definition) is 0. The van der Waals surface area contributed by atoms with Crippen molar-refractivity contribution in [1.82, 2.24) is 4.90 Å². The molecular formula is C29H53N. The van der Waals surface area contributed by atoms with Crippen LogP contribution in [0.1, 0.15) is 142 Å². The van der Waals surface area contributed by atoms with Crippen LogP contribution < -0.4 is 0 Å². The summed E-state index contributed by atoms with van der Waals surface area (Å²) in [5.41, 5.74) is 1.51. The van der Waals surface area contributed by atoms with E-state index in [0.29, 0.717) is 6.04 Å². The topological polar surface area (TPSA) is 3.24 Å². The predicted octanol–water partition coefficient (Wildman–Crippen LogP) is 9.72. The number of benzene rings is 1. The molecular weight excluding hydrogens is 362 g/mol. The van der Waals surface area contributed by atoms with Crippen LogP contribution in [-0.4, -0.2) is 18.0 Å². The van der Waals surface area contributed by atoms with Crippen LogP contribution in [0.15, 0.2) is 30.3 Å². The summed E-state index contributed by atoms with van der Waals surface area (Å²) in [4.78, 5) is 2.81. The first kappa shape index (κ1) is 27.2. The highest BCUT2D eigenvalue weighted by atomic mass is 15.1. The first-order chi connectivity index (χ1) is 14.8. The van der Waals surface area contributed by atoms with Gasteiger partial charge in [-0.1, -0.05) is 141 Å². The highest BCUT2D eigenvalue weighted by Crippen LogP contribution is 2.25. The van der Waals surface area contributed by atoms with Crippen LogP contribution in [0.4, 0.5) is 0 Å². The van der Waals surface area contributed by atoms with Gasteiger partial charge in [-0.15, -0.1) is 0 Å². The maximum absolute atomic E-state index is 2.81. The van der Waals surface area contributed by atoms with Crippen LogP contribution in [0, 0.1) is 0 Å². The van der Waals surface area contributed by atoms with E-state index in [2.05, 4.69) is 56.0 Å². The third-order valence-corrected chi connectivity index (χ3v) is 6.61. The second-order valence-corrected chi connectivity index (χ2v) is 9.32. The first-order valence-corrected chi connectivity index (χ1v) is 13.6. The van der Waals surface area contributed by atoms with Crippen LogP contribution in [0.25, 0.3) is 0 Å². The van der Waals surface area contributed by atoms with Crippen molar-refractivity contribution in [2.24, 2.45) is 0 Å². The standard InChI is InChI=1S/C29H53N/c1-4-7-9-11-13-15-17-22-26-30(27-23-18-16-14-12-10-8-5-2)29(6-3)28-24-20-19-21-25-28/h19-21,24-25,29H,4-18,22-23,26-27H2,1-3H3. The molecule has 0 saturated carbocycles. The molecule has 0 aliphatic carbocycles. The fourth-order valence-electron chi connectivity index (χ4n) is 4.70. The molecule has 0 aromatic heterocycles. The molecule has 0 heterocycles. The summed E-state index contributed by atoms with van der Waals surface area (Å²) < 4.78 is 0. The van der Waals surface area contributed by atoms with E-state index < -0.39 is 0 Å². The van der Waals surface area contributed by atoms with Crippen molar-refractivity contribution in [3.8, 4) is 0 Å². The van der Waals surface area contributed by atoms with Crippen LogP contribution in [0.3, 0.4) is 0 Å². The lowest BCUT2D eigenvalue weighted by Crippen LogP contribution is -2.30. The van der Waals surface area contributed by atoms with Gasteiger partial charge in [0.15, 0.2) is 0 Å². The Morgan fingerprint density at radius 3 is 1.33 bits per heavy atom. The molecule has 174 valence electrons. The summed E-state index contributed by atoms with van der Waals surface area (Å²) >= 11 is 0. The molecule has 0 saturated heterocycles. The summed E-state index contributed by atoms with van der Waals surface area (Å²) in [6, 6.07) is 11.8. The molecule has 0 amide bonds. The molecule has 1 unspecified atom stereocenters. The highest BCUT2D eigenvalue weighted by Gasteiger charge is 2.17. The zero-order chi connectivity index (χ0) is 21.7. The lowest BCUT2D eigenvalue weighted by molar-refractivity contribution is 0.183. The van der Waals surface area contributed by atoms with E-state index in [1.165, 1.54) is 128 Å². The molecule has 1 rings (SSSR count). The van der Waals surface area contributed by atoms with Gasteiger partial charge in [-0.3, -0.25) is 4.90 Å². The Bertz CT molecular complexity index is 435. The van der Waals surface area contributed by atoms with Gasteiger partial charge in [0.25, 0.3) is 0 Å². The van der Waals surface area contributed by atoms with Gasteiger partial charge in [0.1, 0.15) is 0 Å². The Hall–Kier alpha value is -0.820. The van der Waals surface area contributed by atoms with Crippen molar-refractivity contribution in [3.05, 3.63) is 35.9 Å². The normalized spacial score (nSPS) is 12.5. The highest BCUT2D eigenvalue weighted by molar-refractivity contribution is 5.18. The van der Waals surface area contributed by atoms with Gasteiger partial charge in [-0.05, 0) is 37.9 Å². The molecule has 0 aliphatic heterocycles. The third-order valence-electron chi connectivity index (χ3n) is 6.61. The number of unbranched alkanes of at least 4 members (excludes halogenated alkanes) is 14. The molecule has 1 heteroatoms. The molecule has 0 fully saturated rings. The molecule has 0 aliphatic rings. The SMILES string of the molecule is CCCCCCCCCCN(CCCCCCCCCC)C(CC)c1ccccc1. The smallest absolute Gasteiger partial charge is 0.0345 e. The van der Waals surface area contributed by atoms with Gasteiger partial charge < -0.3 is 0 Å². The van der Waals surface area contributed by atoms with E-state index in [9.17, 15) is 0 Å². The molecule has 30 heavy (non-hydrogen) atoms. The molecule has 0 bridgehead atoms. The largest absolute Gasteiger partial charge is 0.296 e. The fraction of sp³-hybridized carbons (Fsp3) is 0.793. The minimum absolute atomic E-state index is 0.598. The van der Waals surface area contributed by atoms with Crippen molar-refractivity contribution in [3.63, 3.8) is 0 Å². The van der Waals surface area contributed by atoms with E-state index in [-0.39, 0.29) is 0 Å². The maximum atomic E-state index is 2.81. The summed E-state index contributed by atoms with van der Waals surface area (Å²) in [6.07, 6.45) is 23.8. The second kappa shape index (κ2) is 20.1. The van der Waals surface area contributed by atoms with Gasteiger partial charge in [-0.2, -0.15) is 0 Å². The van der Waals surface area contributed by atoms with Crippen molar-refractivity contribution < 1.29 is 0 Å². The van der Waals surface area contributed by atoms with Gasteiger partial charge in [0.2, 0.25) is 0 Å². The second-order valence-electron chi connectivity index (χ2n) is 9.32. The van der Waals surface area contributed by atoms with E-state index >= 15 is 0 Å². The van der Waals surface area contributed by atoms with Crippen molar-refractivity contribution in [2.75, 3.05) is 13.1 Å². The molecule has 0 radical (unpaired) electrons. The van der Waals surface area contributed by atoms with Crippen molar-refractivity contribution in [2.45, 2.75) is 136 Å². The average molecular weight is 416 g/mol. The van der Waals surface area contributed by atoms with E-state index in [1.807, 2.05) is 0 Å². The summed E-state index contributed by atoms with van der Waals surface area (Å²) in [6.45, 7) is 9.53. The lowest BCUT2D eigenvalue weighted by atomic mass is 10.0. The Morgan fingerprint density at radius 2 is 0.933 bits per heavy atom. The minimum atomic E-state index is 0.598. The molecule has 1 nitrogen and oxygen atoms in total. The molecule has 1 aromatic rings. The van der Waals surface area contributed by atoms with Crippen molar-refractivity contribution >= 4 is 0 Å². The Morgan fingerprint density at radius 1 is 0.533 bits per heavy atom. The zero-order valence-electron chi connectivity index (χ0n) is 20.8.